The van der Waals surface area contributed by atoms with E-state index in [1.807, 2.05) is 0 Å². The second-order valence-corrected chi connectivity index (χ2v) is 9.18. The fourth-order valence-corrected chi connectivity index (χ4v) is 5.46. The van der Waals surface area contributed by atoms with Gasteiger partial charge in [0.15, 0.2) is 6.17 Å². The van der Waals surface area contributed by atoms with Gasteiger partial charge in [0.1, 0.15) is 15.7 Å². The molecule has 0 saturated carbocycles. The van der Waals surface area contributed by atoms with Gasteiger partial charge in [0, 0.05) is 26.3 Å². The molecule has 0 aromatic rings. The minimum absolute atomic E-state index is 0.206. The Morgan fingerprint density at radius 1 is 1.22 bits per heavy atom. The molecule has 1 amide bonds. The summed E-state index contributed by atoms with van der Waals surface area (Å²) in [5, 5.41) is 0. The third-order valence-corrected chi connectivity index (χ3v) is 7.68. The molecule has 0 spiro atoms. The number of primary amides is 1. The van der Waals surface area contributed by atoms with E-state index in [4.69, 9.17) is 10.5 Å². The topological polar surface area (TPSA) is 72.6 Å². The van der Waals surface area contributed by atoms with Gasteiger partial charge in [-0.2, -0.15) is 13.2 Å². The van der Waals surface area contributed by atoms with E-state index in [2.05, 4.69) is 0 Å². The van der Waals surface area contributed by atoms with Gasteiger partial charge in [-0.05, 0) is 38.0 Å². The monoisotopic (exact) mass is 416 g/mol. The number of carbonyl (C=O) groups excluding carboxylic acids is 1. The number of hydrogen-bond donors (Lipinski definition) is 1. The van der Waals surface area contributed by atoms with Crippen LogP contribution in [0.3, 0.4) is 0 Å². The summed E-state index contributed by atoms with van der Waals surface area (Å²) < 4.78 is 68.3. The Hall–Kier alpha value is -0.740. The molecule has 0 aliphatic carbocycles. The second kappa shape index (κ2) is 9.65. The van der Waals surface area contributed by atoms with Gasteiger partial charge in [0.05, 0.1) is 0 Å². The fraction of sp³-hybridized carbons (Fsp3) is 0.941. The second-order valence-electron chi connectivity index (χ2n) is 7.39. The number of ether oxygens (including phenoxy) is 1. The largest absolute Gasteiger partial charge is 0.419 e. The third kappa shape index (κ3) is 5.87. The van der Waals surface area contributed by atoms with Gasteiger partial charge in [-0.3, -0.25) is 4.79 Å². The van der Waals surface area contributed by atoms with Crippen LogP contribution >= 0.6 is 0 Å². The first-order chi connectivity index (χ1) is 12.7. The minimum atomic E-state index is -4.77. The molecule has 158 valence electrons. The van der Waals surface area contributed by atoms with Crippen LogP contribution in [0.5, 0.6) is 0 Å². The molecule has 2 atom stereocenters. The summed E-state index contributed by atoms with van der Waals surface area (Å²) in [6.07, 6.45) is -4.30. The average Bonchev–Trinajstić information content (AvgIpc) is 2.64. The Morgan fingerprint density at radius 3 is 2.33 bits per heavy atom. The number of piperidine rings is 1. The molecule has 2 unspecified atom stereocenters. The third-order valence-electron chi connectivity index (χ3n) is 5.57. The van der Waals surface area contributed by atoms with Crippen LogP contribution in [0.4, 0.5) is 17.6 Å². The zero-order chi connectivity index (χ0) is 20.1. The molecule has 10 heteroatoms. The Balaban J connectivity index is 1.74. The molecule has 2 saturated heterocycles. The van der Waals surface area contributed by atoms with E-state index in [0.717, 1.165) is 19.3 Å². The highest BCUT2D eigenvalue weighted by Gasteiger charge is 2.47. The maximum absolute atomic E-state index is 13.0. The van der Waals surface area contributed by atoms with Gasteiger partial charge >= 0.3 is 6.18 Å². The predicted molar refractivity (Wildman–Crippen MR) is 93.8 cm³/mol. The van der Waals surface area contributed by atoms with Crippen molar-refractivity contribution in [1.29, 1.82) is 0 Å². The lowest BCUT2D eigenvalue weighted by molar-refractivity contribution is -0.182. The molecule has 2 N–H and O–H groups in total. The zero-order valence-electron chi connectivity index (χ0n) is 15.3. The van der Waals surface area contributed by atoms with E-state index in [1.54, 1.807) is 4.31 Å². The van der Waals surface area contributed by atoms with Crippen molar-refractivity contribution >= 4 is 16.9 Å². The van der Waals surface area contributed by atoms with E-state index in [1.165, 1.54) is 0 Å². The number of alkyl halides is 4. The van der Waals surface area contributed by atoms with Gasteiger partial charge in [-0.25, -0.2) is 12.9 Å². The summed E-state index contributed by atoms with van der Waals surface area (Å²) in [6.45, 7) is 1.83. The molecule has 2 fully saturated rings. The molecule has 0 bridgehead atoms. The summed E-state index contributed by atoms with van der Waals surface area (Å²) in [7, 11) is -1.52. The smallest absolute Gasteiger partial charge is 0.381 e. The van der Waals surface area contributed by atoms with Crippen LogP contribution in [0.15, 0.2) is 0 Å². The number of halogens is 4. The van der Waals surface area contributed by atoms with Crippen molar-refractivity contribution in [3.63, 3.8) is 0 Å². The number of unbranched alkanes of at least 4 members (excludes halogenated alkanes) is 1. The predicted octanol–water partition coefficient (Wildman–Crippen LogP) is 2.86. The first-order valence-electron chi connectivity index (χ1n) is 9.42. The van der Waals surface area contributed by atoms with E-state index in [9.17, 15) is 26.6 Å². The SMILES string of the molecule is NC(=O)C1(S(=O)N2CCC(CCCCC(F)C(F)(F)F)CC2)CCOCC1. The van der Waals surface area contributed by atoms with Crippen molar-refractivity contribution < 1.29 is 31.3 Å². The van der Waals surface area contributed by atoms with Crippen LogP contribution in [0.1, 0.15) is 51.4 Å². The van der Waals surface area contributed by atoms with Crippen molar-refractivity contribution in [3.8, 4) is 0 Å². The van der Waals surface area contributed by atoms with Crippen molar-refractivity contribution in [2.45, 2.75) is 68.5 Å². The molecule has 2 aliphatic heterocycles. The number of nitrogens with zero attached hydrogens (tertiary/aromatic N) is 1. The Bertz CT molecular complexity index is 519. The normalized spacial score (nSPS) is 24.4. The number of amides is 1. The van der Waals surface area contributed by atoms with Crippen molar-refractivity contribution in [2.75, 3.05) is 26.3 Å². The molecular weight excluding hydrogens is 388 g/mol. The molecule has 2 heterocycles. The number of rotatable bonds is 8. The van der Waals surface area contributed by atoms with Gasteiger partial charge in [0.2, 0.25) is 5.91 Å². The number of nitrogens with two attached hydrogens (primary N) is 1. The lowest BCUT2D eigenvalue weighted by Crippen LogP contribution is -2.56. The molecule has 0 aromatic carbocycles. The molecule has 5 nitrogen and oxygen atoms in total. The Kier molecular flexibility index (Phi) is 8.05. The van der Waals surface area contributed by atoms with E-state index in [0.29, 0.717) is 51.5 Å². The molecule has 2 aliphatic rings. The van der Waals surface area contributed by atoms with Crippen LogP contribution in [-0.4, -0.2) is 57.8 Å². The molecule has 27 heavy (non-hydrogen) atoms. The van der Waals surface area contributed by atoms with Crippen molar-refractivity contribution in [2.24, 2.45) is 11.7 Å². The van der Waals surface area contributed by atoms with Gasteiger partial charge in [-0.15, -0.1) is 0 Å². The summed E-state index contributed by atoms with van der Waals surface area (Å²) in [6, 6.07) is 0. The van der Waals surface area contributed by atoms with Crippen LogP contribution in [0.25, 0.3) is 0 Å². The van der Waals surface area contributed by atoms with Crippen LogP contribution < -0.4 is 5.73 Å². The highest BCUT2D eigenvalue weighted by Crippen LogP contribution is 2.33. The van der Waals surface area contributed by atoms with E-state index >= 15 is 0 Å². The first-order valence-corrected chi connectivity index (χ1v) is 10.5. The summed E-state index contributed by atoms with van der Waals surface area (Å²) >= 11 is 0. The zero-order valence-corrected chi connectivity index (χ0v) is 16.1. The highest BCUT2D eigenvalue weighted by atomic mass is 32.2. The van der Waals surface area contributed by atoms with Crippen molar-refractivity contribution in [1.82, 2.24) is 4.31 Å². The summed E-state index contributed by atoms with van der Waals surface area (Å²) in [5.41, 5.74) is 5.55. The van der Waals surface area contributed by atoms with Crippen LogP contribution in [0, 0.1) is 5.92 Å². The maximum atomic E-state index is 13.0. The highest BCUT2D eigenvalue weighted by molar-refractivity contribution is 7.85. The molecule has 0 aromatic heterocycles. The van der Waals surface area contributed by atoms with Gasteiger partial charge in [-0.1, -0.05) is 19.3 Å². The average molecular weight is 416 g/mol. The molecule has 2 rings (SSSR count). The Morgan fingerprint density at radius 2 is 1.81 bits per heavy atom. The minimum Gasteiger partial charge on any atom is -0.381 e. The standard InChI is InChI=1S/C17H28F4N2O3S/c18-14(17(19,20)21)4-2-1-3-13-5-9-23(10-6-13)27(25)16(15(22)24)7-11-26-12-8-16/h13-14H,1-12H2,(H2,22,24). The Labute approximate surface area is 159 Å². The maximum Gasteiger partial charge on any atom is 0.419 e. The lowest BCUT2D eigenvalue weighted by Gasteiger charge is -2.39. The lowest BCUT2D eigenvalue weighted by atomic mass is 9.92. The number of hydrogen-bond acceptors (Lipinski definition) is 3. The summed E-state index contributed by atoms with van der Waals surface area (Å²) in [5.74, 6) is -0.238. The van der Waals surface area contributed by atoms with Gasteiger partial charge < -0.3 is 10.5 Å². The van der Waals surface area contributed by atoms with E-state index < -0.39 is 40.4 Å². The first kappa shape index (κ1) is 22.5. The number of carbonyl (C=O) groups is 1. The summed E-state index contributed by atoms with van der Waals surface area (Å²) in [4.78, 5) is 12.0. The molecular formula is C17H28F4N2O3S. The van der Waals surface area contributed by atoms with Crippen molar-refractivity contribution in [3.05, 3.63) is 0 Å². The van der Waals surface area contributed by atoms with Crippen LogP contribution in [0.2, 0.25) is 0 Å². The van der Waals surface area contributed by atoms with E-state index in [-0.39, 0.29) is 6.42 Å². The molecule has 0 radical (unpaired) electrons. The van der Waals surface area contributed by atoms with Gasteiger partial charge in [0.25, 0.3) is 0 Å². The van der Waals surface area contributed by atoms with Crippen LogP contribution in [-0.2, 0) is 20.5 Å². The fourth-order valence-electron chi connectivity index (χ4n) is 3.74. The quantitative estimate of drug-likeness (QED) is 0.489.